The largest absolute Gasteiger partial charge is 0.395 e. The zero-order valence-corrected chi connectivity index (χ0v) is 13.5. The van der Waals surface area contributed by atoms with E-state index in [9.17, 15) is 0 Å². The highest BCUT2D eigenvalue weighted by atomic mass is 16.5. The van der Waals surface area contributed by atoms with Gasteiger partial charge in [0.05, 0.1) is 39.6 Å². The predicted octanol–water partition coefficient (Wildman–Crippen LogP) is 1.54. The van der Waals surface area contributed by atoms with Crippen LogP contribution in [0.2, 0.25) is 0 Å². The number of rotatable bonds is 15. The van der Waals surface area contributed by atoms with E-state index in [1.807, 2.05) is 0 Å². The van der Waals surface area contributed by atoms with E-state index in [0.717, 1.165) is 19.6 Å². The Balaban J connectivity index is 3.23. The molecule has 1 N–H and O–H groups in total. The smallest absolute Gasteiger partial charge is 0.0701 e. The Bertz CT molecular complexity index is 191. The van der Waals surface area contributed by atoms with Crippen LogP contribution in [0.25, 0.3) is 0 Å². The maximum Gasteiger partial charge on any atom is 0.0701 e. The quantitative estimate of drug-likeness (QED) is 0.464. The molecule has 0 aliphatic rings. The summed E-state index contributed by atoms with van der Waals surface area (Å²) < 4.78 is 16.3. The van der Waals surface area contributed by atoms with Gasteiger partial charge in [-0.1, -0.05) is 13.3 Å². The summed E-state index contributed by atoms with van der Waals surface area (Å²) >= 11 is 0. The first kappa shape index (κ1) is 19.8. The fraction of sp³-hybridized carbons (Fsp3) is 1.00. The van der Waals surface area contributed by atoms with Crippen molar-refractivity contribution in [3.8, 4) is 0 Å². The summed E-state index contributed by atoms with van der Waals surface area (Å²) in [6.45, 7) is 12.2. The lowest BCUT2D eigenvalue weighted by atomic mass is 10.3. The summed E-state index contributed by atoms with van der Waals surface area (Å²) in [7, 11) is 0. The first-order valence-electron chi connectivity index (χ1n) is 7.80. The van der Waals surface area contributed by atoms with Crippen molar-refractivity contribution in [3.63, 3.8) is 0 Å². The highest BCUT2D eigenvalue weighted by Gasteiger charge is 2.07. The highest BCUT2D eigenvalue weighted by Crippen LogP contribution is 1.96. The van der Waals surface area contributed by atoms with Gasteiger partial charge in [0.15, 0.2) is 0 Å². The van der Waals surface area contributed by atoms with Crippen molar-refractivity contribution in [3.05, 3.63) is 0 Å². The van der Waals surface area contributed by atoms with Gasteiger partial charge in [0.25, 0.3) is 0 Å². The number of aliphatic hydroxyl groups excluding tert-OH is 1. The van der Waals surface area contributed by atoms with Crippen LogP contribution in [0.1, 0.15) is 33.6 Å². The van der Waals surface area contributed by atoms with E-state index in [1.165, 1.54) is 6.42 Å². The normalized spacial score (nSPS) is 11.7. The Kier molecular flexibility index (Phi) is 15.0. The molecule has 122 valence electrons. The molecule has 0 heterocycles. The van der Waals surface area contributed by atoms with Crippen molar-refractivity contribution in [1.82, 2.24) is 4.90 Å². The molecule has 0 aliphatic heterocycles. The van der Waals surface area contributed by atoms with Crippen molar-refractivity contribution in [2.24, 2.45) is 0 Å². The summed E-state index contributed by atoms with van der Waals surface area (Å²) in [5, 5.41) is 8.95. The maximum atomic E-state index is 8.95. The summed E-state index contributed by atoms with van der Waals surface area (Å²) in [5.41, 5.74) is 0. The molecule has 0 amide bonds. The zero-order chi connectivity index (χ0) is 15.1. The van der Waals surface area contributed by atoms with Crippen molar-refractivity contribution in [2.75, 3.05) is 59.3 Å². The molecular weight excluding hydrogens is 258 g/mol. The molecule has 0 rings (SSSR count). The van der Waals surface area contributed by atoms with E-state index >= 15 is 0 Å². The first-order valence-corrected chi connectivity index (χ1v) is 7.80. The van der Waals surface area contributed by atoms with Gasteiger partial charge in [-0.25, -0.2) is 0 Å². The summed E-state index contributed by atoms with van der Waals surface area (Å²) in [4.78, 5) is 2.20. The third-order valence-electron chi connectivity index (χ3n) is 3.03. The minimum atomic E-state index is 0.194. The van der Waals surface area contributed by atoms with E-state index in [1.54, 1.807) is 0 Å². The van der Waals surface area contributed by atoms with Gasteiger partial charge in [-0.05, 0) is 20.3 Å². The van der Waals surface area contributed by atoms with Crippen LogP contribution in [0.3, 0.4) is 0 Å². The summed E-state index contributed by atoms with van der Waals surface area (Å²) in [5.74, 6) is 0. The number of ether oxygens (including phenoxy) is 3. The van der Waals surface area contributed by atoms with Crippen LogP contribution in [0.15, 0.2) is 0 Å². The molecule has 0 aliphatic carbocycles. The van der Waals surface area contributed by atoms with Crippen molar-refractivity contribution < 1.29 is 19.3 Å². The number of hydrogen-bond donors (Lipinski definition) is 1. The molecule has 0 aromatic rings. The molecule has 5 heteroatoms. The second kappa shape index (κ2) is 15.2. The molecule has 0 radical (unpaired) electrons. The molecule has 0 spiro atoms. The second-order valence-electron chi connectivity index (χ2n) is 5.04. The van der Waals surface area contributed by atoms with E-state index < -0.39 is 0 Å². The molecule has 0 saturated carbocycles. The average Bonchev–Trinajstić information content (AvgIpc) is 2.43. The topological polar surface area (TPSA) is 51.2 Å². The number of hydrogen-bond acceptors (Lipinski definition) is 5. The zero-order valence-electron chi connectivity index (χ0n) is 13.5. The van der Waals surface area contributed by atoms with Gasteiger partial charge in [0.1, 0.15) is 0 Å². The molecule has 0 aromatic carbocycles. The third kappa shape index (κ3) is 12.8. The molecule has 0 bridgehead atoms. The molecule has 0 saturated heterocycles. The van der Waals surface area contributed by atoms with Crippen LogP contribution < -0.4 is 0 Å². The van der Waals surface area contributed by atoms with Crippen LogP contribution in [0.4, 0.5) is 0 Å². The van der Waals surface area contributed by atoms with E-state index in [2.05, 4.69) is 25.7 Å². The molecule has 0 fully saturated rings. The van der Waals surface area contributed by atoms with Crippen LogP contribution in [-0.2, 0) is 14.2 Å². The van der Waals surface area contributed by atoms with Crippen LogP contribution in [0.5, 0.6) is 0 Å². The SMILES string of the molecule is CCCCOCCOCCOCCN(CCO)C(C)C. The molecule has 20 heavy (non-hydrogen) atoms. The van der Waals surface area contributed by atoms with E-state index in [-0.39, 0.29) is 6.61 Å². The second-order valence-corrected chi connectivity index (χ2v) is 5.04. The van der Waals surface area contributed by atoms with Crippen LogP contribution >= 0.6 is 0 Å². The predicted molar refractivity (Wildman–Crippen MR) is 81.2 cm³/mol. The molecule has 5 nitrogen and oxygen atoms in total. The monoisotopic (exact) mass is 291 g/mol. The Morgan fingerprint density at radius 2 is 1.40 bits per heavy atom. The van der Waals surface area contributed by atoms with E-state index in [4.69, 9.17) is 19.3 Å². The molecular formula is C15H33NO4. The van der Waals surface area contributed by atoms with Crippen molar-refractivity contribution in [1.29, 1.82) is 0 Å². The van der Waals surface area contributed by atoms with Gasteiger partial charge in [-0.15, -0.1) is 0 Å². The Morgan fingerprint density at radius 1 is 0.850 bits per heavy atom. The lowest BCUT2D eigenvalue weighted by molar-refractivity contribution is 0.00785. The van der Waals surface area contributed by atoms with E-state index in [0.29, 0.717) is 45.6 Å². The van der Waals surface area contributed by atoms with Gasteiger partial charge in [0, 0.05) is 25.7 Å². The minimum absolute atomic E-state index is 0.194. The summed E-state index contributed by atoms with van der Waals surface area (Å²) in [6.07, 6.45) is 2.28. The molecule has 0 aromatic heterocycles. The summed E-state index contributed by atoms with van der Waals surface area (Å²) in [6, 6.07) is 0.433. The number of aliphatic hydroxyl groups is 1. The number of unbranched alkanes of at least 4 members (excludes halogenated alkanes) is 1. The lowest BCUT2D eigenvalue weighted by Crippen LogP contribution is -2.36. The minimum Gasteiger partial charge on any atom is -0.395 e. The van der Waals surface area contributed by atoms with Crippen LogP contribution in [0, 0.1) is 0 Å². The van der Waals surface area contributed by atoms with Crippen molar-refractivity contribution in [2.45, 2.75) is 39.7 Å². The highest BCUT2D eigenvalue weighted by molar-refractivity contribution is 4.61. The Morgan fingerprint density at radius 3 is 1.90 bits per heavy atom. The first-order chi connectivity index (χ1) is 9.72. The lowest BCUT2D eigenvalue weighted by Gasteiger charge is -2.25. The third-order valence-corrected chi connectivity index (χ3v) is 3.03. The van der Waals surface area contributed by atoms with Gasteiger partial charge >= 0.3 is 0 Å². The van der Waals surface area contributed by atoms with Gasteiger partial charge in [-0.2, -0.15) is 0 Å². The Hall–Kier alpha value is -0.200. The van der Waals surface area contributed by atoms with Gasteiger partial charge in [-0.3, -0.25) is 4.90 Å². The average molecular weight is 291 g/mol. The number of nitrogens with zero attached hydrogens (tertiary/aromatic N) is 1. The molecule has 0 atom stereocenters. The standard InChI is InChI=1S/C15H33NO4/c1-4-5-9-18-11-13-20-14-12-19-10-7-16(6-8-17)15(2)3/h15,17H,4-14H2,1-3H3. The fourth-order valence-electron chi connectivity index (χ4n) is 1.73. The van der Waals surface area contributed by atoms with Crippen LogP contribution in [-0.4, -0.2) is 75.4 Å². The Labute approximate surface area is 124 Å². The van der Waals surface area contributed by atoms with Gasteiger partial charge in [0.2, 0.25) is 0 Å². The fourth-order valence-corrected chi connectivity index (χ4v) is 1.73. The van der Waals surface area contributed by atoms with Crippen molar-refractivity contribution >= 4 is 0 Å². The van der Waals surface area contributed by atoms with Gasteiger partial charge < -0.3 is 19.3 Å². The molecule has 0 unspecified atom stereocenters. The maximum absolute atomic E-state index is 8.95.